The lowest BCUT2D eigenvalue weighted by molar-refractivity contribution is -0.158. The summed E-state index contributed by atoms with van der Waals surface area (Å²) < 4.78 is 5.30. The van der Waals surface area contributed by atoms with Crippen LogP contribution < -0.4 is 0 Å². The largest absolute Gasteiger partial charge is 0.479 e. The molecule has 1 aliphatic heterocycles. The Morgan fingerprint density at radius 1 is 1.44 bits per heavy atom. The van der Waals surface area contributed by atoms with Crippen molar-refractivity contribution in [3.63, 3.8) is 0 Å². The molecule has 1 heterocycles. The first-order valence-corrected chi connectivity index (χ1v) is 6.97. The molecule has 0 aromatic rings. The summed E-state index contributed by atoms with van der Waals surface area (Å²) in [5.74, 6) is -0.190. The highest BCUT2D eigenvalue weighted by Gasteiger charge is 2.38. The standard InChI is InChI=1S/C14H25NO3/c1-10-8-14(2,3)5-4-11(10)15-6-7-18-12(9-15)13(16)17/h10-12H,4-9H2,1-3H3,(H,16,17). The summed E-state index contributed by atoms with van der Waals surface area (Å²) in [5.41, 5.74) is 0.439. The minimum atomic E-state index is -0.830. The third kappa shape index (κ3) is 3.04. The Kier molecular flexibility index (Phi) is 3.97. The lowest BCUT2D eigenvalue weighted by Gasteiger charge is -2.46. The van der Waals surface area contributed by atoms with Gasteiger partial charge in [0.05, 0.1) is 6.61 Å². The van der Waals surface area contributed by atoms with E-state index >= 15 is 0 Å². The van der Waals surface area contributed by atoms with E-state index in [4.69, 9.17) is 9.84 Å². The molecule has 1 aliphatic carbocycles. The second-order valence-corrected chi connectivity index (χ2v) is 6.64. The van der Waals surface area contributed by atoms with Crippen LogP contribution in [0.15, 0.2) is 0 Å². The Balaban J connectivity index is 1.97. The Labute approximate surface area is 109 Å². The predicted molar refractivity (Wildman–Crippen MR) is 69.5 cm³/mol. The molecule has 3 unspecified atom stereocenters. The van der Waals surface area contributed by atoms with Crippen molar-refractivity contribution in [3.8, 4) is 0 Å². The van der Waals surface area contributed by atoms with Gasteiger partial charge >= 0.3 is 5.97 Å². The number of carbonyl (C=O) groups is 1. The van der Waals surface area contributed by atoms with Gasteiger partial charge in [0.15, 0.2) is 6.10 Å². The molecule has 18 heavy (non-hydrogen) atoms. The first-order valence-electron chi connectivity index (χ1n) is 6.97. The first-order chi connectivity index (χ1) is 8.39. The van der Waals surface area contributed by atoms with Crippen molar-refractivity contribution in [2.24, 2.45) is 11.3 Å². The minimum Gasteiger partial charge on any atom is -0.479 e. The number of carboxylic acid groups (broad SMARTS) is 1. The second kappa shape index (κ2) is 5.17. The molecule has 2 aliphatic rings. The monoisotopic (exact) mass is 255 g/mol. The van der Waals surface area contributed by atoms with Crippen molar-refractivity contribution in [1.29, 1.82) is 0 Å². The molecule has 0 aromatic carbocycles. The van der Waals surface area contributed by atoms with E-state index in [0.29, 0.717) is 30.5 Å². The van der Waals surface area contributed by atoms with Gasteiger partial charge < -0.3 is 9.84 Å². The van der Waals surface area contributed by atoms with E-state index in [2.05, 4.69) is 25.7 Å². The van der Waals surface area contributed by atoms with Crippen molar-refractivity contribution in [1.82, 2.24) is 4.90 Å². The van der Waals surface area contributed by atoms with E-state index < -0.39 is 12.1 Å². The highest BCUT2D eigenvalue weighted by Crippen LogP contribution is 2.40. The zero-order valence-electron chi connectivity index (χ0n) is 11.7. The number of ether oxygens (including phenoxy) is 1. The van der Waals surface area contributed by atoms with Crippen LogP contribution in [0.5, 0.6) is 0 Å². The van der Waals surface area contributed by atoms with Crippen molar-refractivity contribution in [2.75, 3.05) is 19.7 Å². The van der Waals surface area contributed by atoms with Crippen LogP contribution in [0.3, 0.4) is 0 Å². The quantitative estimate of drug-likeness (QED) is 0.820. The van der Waals surface area contributed by atoms with Crippen LogP contribution in [-0.2, 0) is 9.53 Å². The smallest absolute Gasteiger partial charge is 0.334 e. The zero-order chi connectivity index (χ0) is 13.3. The molecule has 1 saturated heterocycles. The second-order valence-electron chi connectivity index (χ2n) is 6.64. The van der Waals surface area contributed by atoms with E-state index in [1.807, 2.05) is 0 Å². The Morgan fingerprint density at radius 2 is 2.17 bits per heavy atom. The van der Waals surface area contributed by atoms with Gasteiger partial charge in [0.1, 0.15) is 0 Å². The van der Waals surface area contributed by atoms with Crippen LogP contribution >= 0.6 is 0 Å². The van der Waals surface area contributed by atoms with Gasteiger partial charge in [-0.25, -0.2) is 4.79 Å². The Bertz CT molecular complexity index is 316. The van der Waals surface area contributed by atoms with Crippen LogP contribution in [0, 0.1) is 11.3 Å². The molecule has 2 fully saturated rings. The first kappa shape index (κ1) is 13.8. The molecule has 4 nitrogen and oxygen atoms in total. The van der Waals surface area contributed by atoms with Crippen molar-refractivity contribution < 1.29 is 14.6 Å². The molecule has 3 atom stereocenters. The molecule has 0 aromatic heterocycles. The van der Waals surface area contributed by atoms with Gasteiger partial charge in [0, 0.05) is 19.1 Å². The summed E-state index contributed by atoms with van der Waals surface area (Å²) >= 11 is 0. The van der Waals surface area contributed by atoms with Crippen LogP contribution in [-0.4, -0.2) is 47.8 Å². The van der Waals surface area contributed by atoms with E-state index in [9.17, 15) is 4.79 Å². The van der Waals surface area contributed by atoms with Crippen molar-refractivity contribution >= 4 is 5.97 Å². The van der Waals surface area contributed by atoms with Gasteiger partial charge in [-0.05, 0) is 30.6 Å². The molecule has 0 radical (unpaired) electrons. The SMILES string of the molecule is CC1CC(C)(C)CCC1N1CCOC(C(=O)O)C1. The fourth-order valence-corrected chi connectivity index (χ4v) is 3.60. The van der Waals surface area contributed by atoms with Crippen LogP contribution in [0.4, 0.5) is 0 Å². The fourth-order valence-electron chi connectivity index (χ4n) is 3.60. The zero-order valence-corrected chi connectivity index (χ0v) is 11.7. The number of hydrogen-bond acceptors (Lipinski definition) is 3. The lowest BCUT2D eigenvalue weighted by Crippen LogP contribution is -2.53. The van der Waals surface area contributed by atoms with Gasteiger partial charge in [-0.3, -0.25) is 4.90 Å². The third-order valence-corrected chi connectivity index (χ3v) is 4.49. The number of carboxylic acids is 1. The summed E-state index contributed by atoms with van der Waals surface area (Å²) in [6.07, 6.45) is 3.01. The van der Waals surface area contributed by atoms with E-state index in [1.54, 1.807) is 0 Å². The van der Waals surface area contributed by atoms with Crippen LogP contribution in [0.25, 0.3) is 0 Å². The van der Waals surface area contributed by atoms with Gasteiger partial charge in [-0.1, -0.05) is 20.8 Å². The maximum absolute atomic E-state index is 11.0. The van der Waals surface area contributed by atoms with E-state index in [1.165, 1.54) is 19.3 Å². The third-order valence-electron chi connectivity index (χ3n) is 4.49. The fraction of sp³-hybridized carbons (Fsp3) is 0.929. The number of rotatable bonds is 2. The average molecular weight is 255 g/mol. The van der Waals surface area contributed by atoms with Gasteiger partial charge in [-0.15, -0.1) is 0 Å². The molecular weight excluding hydrogens is 230 g/mol. The maximum Gasteiger partial charge on any atom is 0.334 e. The van der Waals surface area contributed by atoms with E-state index in [-0.39, 0.29) is 0 Å². The summed E-state index contributed by atoms with van der Waals surface area (Å²) in [4.78, 5) is 13.4. The average Bonchev–Trinajstić information content (AvgIpc) is 2.28. The molecule has 1 N–H and O–H groups in total. The van der Waals surface area contributed by atoms with Crippen LogP contribution in [0.1, 0.15) is 40.0 Å². The minimum absolute atomic E-state index is 0.439. The van der Waals surface area contributed by atoms with Gasteiger partial charge in [-0.2, -0.15) is 0 Å². The number of hydrogen-bond donors (Lipinski definition) is 1. The maximum atomic E-state index is 11.0. The summed E-state index contributed by atoms with van der Waals surface area (Å²) in [6, 6.07) is 0.531. The summed E-state index contributed by atoms with van der Waals surface area (Å²) in [5, 5.41) is 9.05. The molecule has 0 amide bonds. The molecule has 104 valence electrons. The number of aliphatic carboxylic acids is 1. The highest BCUT2D eigenvalue weighted by atomic mass is 16.5. The van der Waals surface area contributed by atoms with Gasteiger partial charge in [0.2, 0.25) is 0 Å². The molecule has 1 saturated carbocycles. The van der Waals surface area contributed by atoms with Gasteiger partial charge in [0.25, 0.3) is 0 Å². The molecule has 2 rings (SSSR count). The Morgan fingerprint density at radius 3 is 2.78 bits per heavy atom. The predicted octanol–water partition coefficient (Wildman–Crippen LogP) is 1.99. The summed E-state index contributed by atoms with van der Waals surface area (Å²) in [7, 11) is 0. The Hall–Kier alpha value is -0.610. The number of morpholine rings is 1. The molecular formula is C14H25NO3. The highest BCUT2D eigenvalue weighted by molar-refractivity contribution is 5.72. The van der Waals surface area contributed by atoms with E-state index in [0.717, 1.165) is 6.54 Å². The van der Waals surface area contributed by atoms with Crippen LogP contribution in [0.2, 0.25) is 0 Å². The van der Waals surface area contributed by atoms with Crippen molar-refractivity contribution in [3.05, 3.63) is 0 Å². The summed E-state index contributed by atoms with van der Waals surface area (Å²) in [6.45, 7) is 8.93. The molecule has 4 heteroatoms. The molecule has 0 spiro atoms. The normalized spacial score (nSPS) is 37.4. The topological polar surface area (TPSA) is 49.8 Å². The lowest BCUT2D eigenvalue weighted by atomic mass is 9.70. The number of nitrogens with zero attached hydrogens (tertiary/aromatic N) is 1. The van der Waals surface area contributed by atoms with Crippen molar-refractivity contribution in [2.45, 2.75) is 52.2 Å². The molecule has 0 bridgehead atoms.